The maximum Gasteiger partial charge on any atom is 0.168 e. The molecule has 0 aromatic rings. The Balaban J connectivity index is 2.15. The van der Waals surface area contributed by atoms with Crippen molar-refractivity contribution >= 4 is 11.6 Å². The molecule has 0 heterocycles. The lowest BCUT2D eigenvalue weighted by Crippen LogP contribution is -2.38. The molecule has 0 aromatic carbocycles. The molecule has 0 bridgehead atoms. The van der Waals surface area contributed by atoms with Gasteiger partial charge in [-0.05, 0) is 31.8 Å². The van der Waals surface area contributed by atoms with Gasteiger partial charge in [0.1, 0.15) is 5.78 Å². The number of Topliss-reactive ketones (excluding diaryl/α,β-unsaturated/α-hetero) is 2. The van der Waals surface area contributed by atoms with Gasteiger partial charge in [0.15, 0.2) is 5.78 Å². The van der Waals surface area contributed by atoms with Gasteiger partial charge in [-0.2, -0.15) is 0 Å². The lowest BCUT2D eigenvalue weighted by Gasteiger charge is -2.34. The smallest absolute Gasteiger partial charge is 0.168 e. The van der Waals surface area contributed by atoms with Crippen LogP contribution in [0, 0.1) is 22.7 Å². The average Bonchev–Trinajstić information content (AvgIpc) is 2.76. The molecule has 98 valence electrons. The molecule has 18 heavy (non-hydrogen) atoms. The van der Waals surface area contributed by atoms with Gasteiger partial charge in [0.05, 0.1) is 11.5 Å². The number of carbonyl (C=O) groups excluding carboxylic acids is 2. The topological polar surface area (TPSA) is 54.4 Å². The van der Waals surface area contributed by atoms with Gasteiger partial charge in [-0.25, -0.2) is 0 Å². The van der Waals surface area contributed by atoms with Crippen molar-refractivity contribution in [1.82, 2.24) is 0 Å². The van der Waals surface area contributed by atoms with Crippen LogP contribution in [0.4, 0.5) is 0 Å². The number of carbonyl (C=O) groups is 2. The molecule has 0 spiro atoms. The highest BCUT2D eigenvalue weighted by atomic mass is 16.3. The molecule has 0 aliphatic heterocycles. The lowest BCUT2D eigenvalue weighted by atomic mass is 9.68. The third kappa shape index (κ3) is 1.05. The van der Waals surface area contributed by atoms with E-state index in [2.05, 4.69) is 0 Å². The van der Waals surface area contributed by atoms with Crippen molar-refractivity contribution < 1.29 is 14.7 Å². The van der Waals surface area contributed by atoms with E-state index in [1.807, 2.05) is 13.8 Å². The van der Waals surface area contributed by atoms with Gasteiger partial charge >= 0.3 is 0 Å². The van der Waals surface area contributed by atoms with Gasteiger partial charge in [0.25, 0.3) is 0 Å². The summed E-state index contributed by atoms with van der Waals surface area (Å²) < 4.78 is 0. The largest absolute Gasteiger partial charge is 0.388 e. The molecule has 4 atom stereocenters. The van der Waals surface area contributed by atoms with Crippen LogP contribution < -0.4 is 0 Å². The number of hydrogen-bond acceptors (Lipinski definition) is 3. The van der Waals surface area contributed by atoms with Crippen LogP contribution in [0.2, 0.25) is 0 Å². The zero-order valence-corrected chi connectivity index (χ0v) is 11.4. The number of ketones is 2. The van der Waals surface area contributed by atoms with Crippen LogP contribution in [-0.4, -0.2) is 22.8 Å². The second-order valence-corrected chi connectivity index (χ2v) is 6.93. The molecule has 0 saturated heterocycles. The second kappa shape index (κ2) is 3.13. The number of rotatable bonds is 0. The first-order valence-corrected chi connectivity index (χ1v) is 6.71. The summed E-state index contributed by atoms with van der Waals surface area (Å²) in [5.74, 6) is 0.442. The van der Waals surface area contributed by atoms with Crippen molar-refractivity contribution in [3.63, 3.8) is 0 Å². The fraction of sp³-hybridized carbons (Fsp3) is 0.733. The van der Waals surface area contributed by atoms with Crippen molar-refractivity contribution in [2.45, 2.75) is 46.6 Å². The van der Waals surface area contributed by atoms with Gasteiger partial charge in [-0.3, -0.25) is 9.59 Å². The Kier molecular flexibility index (Phi) is 2.10. The molecule has 1 fully saturated rings. The summed E-state index contributed by atoms with van der Waals surface area (Å²) in [7, 11) is 0. The molecule has 3 aliphatic carbocycles. The zero-order valence-electron chi connectivity index (χ0n) is 11.4. The van der Waals surface area contributed by atoms with E-state index in [-0.39, 0.29) is 28.8 Å². The summed E-state index contributed by atoms with van der Waals surface area (Å²) in [4.78, 5) is 24.5. The van der Waals surface area contributed by atoms with E-state index in [1.165, 1.54) is 0 Å². The van der Waals surface area contributed by atoms with Crippen LogP contribution in [0.3, 0.4) is 0 Å². The summed E-state index contributed by atoms with van der Waals surface area (Å²) in [5, 5.41) is 10.4. The highest BCUT2D eigenvalue weighted by molar-refractivity contribution is 6.07. The van der Waals surface area contributed by atoms with E-state index in [1.54, 1.807) is 13.8 Å². The maximum absolute atomic E-state index is 12.6. The predicted molar refractivity (Wildman–Crippen MR) is 66.8 cm³/mol. The molecule has 1 N–H and O–H groups in total. The Morgan fingerprint density at radius 1 is 1.17 bits per heavy atom. The first-order valence-electron chi connectivity index (χ1n) is 6.71. The van der Waals surface area contributed by atoms with E-state index in [4.69, 9.17) is 0 Å². The fourth-order valence-electron chi connectivity index (χ4n) is 4.26. The van der Waals surface area contributed by atoms with Crippen molar-refractivity contribution in [1.29, 1.82) is 0 Å². The first kappa shape index (κ1) is 12.1. The lowest BCUT2D eigenvalue weighted by molar-refractivity contribution is -0.127. The average molecular weight is 248 g/mol. The molecule has 0 amide bonds. The highest BCUT2D eigenvalue weighted by Crippen LogP contribution is 2.63. The number of aliphatic hydroxyl groups is 1. The minimum Gasteiger partial charge on any atom is -0.388 e. The number of allylic oxidation sites excluding steroid dienone is 1. The number of hydrogen-bond donors (Lipinski definition) is 1. The summed E-state index contributed by atoms with van der Waals surface area (Å²) in [5.41, 5.74) is 0.641. The predicted octanol–water partition coefficient (Wildman–Crippen LogP) is 1.89. The van der Waals surface area contributed by atoms with Gasteiger partial charge in [-0.15, -0.1) is 0 Å². The molecule has 3 aliphatic rings. The normalized spacial score (nSPS) is 45.7. The molecule has 0 radical (unpaired) electrons. The minimum absolute atomic E-state index is 0.0524. The van der Waals surface area contributed by atoms with Crippen molar-refractivity contribution in [3.8, 4) is 0 Å². The van der Waals surface area contributed by atoms with Crippen LogP contribution in [-0.2, 0) is 9.59 Å². The summed E-state index contributed by atoms with van der Waals surface area (Å²) in [6.07, 6.45) is 0.619. The van der Waals surface area contributed by atoms with Gasteiger partial charge in [0, 0.05) is 23.3 Å². The fourth-order valence-corrected chi connectivity index (χ4v) is 4.26. The molecule has 0 aromatic heterocycles. The Morgan fingerprint density at radius 3 is 2.39 bits per heavy atom. The standard InChI is InChI=1S/C15H20O3/c1-7-10(16)6-8-5-9-11(15(7,8)4)13(18)14(2,3)12(9)17/h7-8,12,17H,5-6H2,1-4H3. The van der Waals surface area contributed by atoms with Crippen molar-refractivity contribution in [2.24, 2.45) is 22.7 Å². The summed E-state index contributed by atoms with van der Waals surface area (Å²) in [6, 6.07) is 0. The van der Waals surface area contributed by atoms with Gasteiger partial charge in [0.2, 0.25) is 0 Å². The van der Waals surface area contributed by atoms with E-state index in [0.717, 1.165) is 17.6 Å². The molecular formula is C15H20O3. The molecule has 3 heteroatoms. The molecular weight excluding hydrogens is 228 g/mol. The Bertz CT molecular complexity index is 500. The first-order chi connectivity index (χ1) is 8.22. The minimum atomic E-state index is -0.718. The second-order valence-electron chi connectivity index (χ2n) is 6.93. The van der Waals surface area contributed by atoms with Crippen LogP contribution in [0.1, 0.15) is 40.5 Å². The number of fused-ring (bicyclic) bond motifs is 2. The Labute approximate surface area is 107 Å². The van der Waals surface area contributed by atoms with Crippen LogP contribution in [0.5, 0.6) is 0 Å². The summed E-state index contributed by atoms with van der Waals surface area (Å²) >= 11 is 0. The van der Waals surface area contributed by atoms with E-state index >= 15 is 0 Å². The van der Waals surface area contributed by atoms with Gasteiger partial charge < -0.3 is 5.11 Å². The van der Waals surface area contributed by atoms with Crippen LogP contribution in [0.15, 0.2) is 11.1 Å². The third-order valence-electron chi connectivity index (χ3n) is 5.83. The van der Waals surface area contributed by atoms with Crippen LogP contribution >= 0.6 is 0 Å². The maximum atomic E-state index is 12.6. The van der Waals surface area contributed by atoms with E-state index in [0.29, 0.717) is 6.42 Å². The Hall–Kier alpha value is -0.960. The van der Waals surface area contributed by atoms with E-state index < -0.39 is 11.5 Å². The van der Waals surface area contributed by atoms with Crippen molar-refractivity contribution in [2.75, 3.05) is 0 Å². The Morgan fingerprint density at radius 2 is 1.78 bits per heavy atom. The highest BCUT2D eigenvalue weighted by Gasteiger charge is 2.63. The molecule has 3 rings (SSSR count). The SMILES string of the molecule is CC1C(=O)CC2CC3=C(C(=O)C(C)(C)C3O)C21C. The number of aliphatic hydroxyl groups excluding tert-OH is 1. The molecule has 3 nitrogen and oxygen atoms in total. The van der Waals surface area contributed by atoms with E-state index in [9.17, 15) is 14.7 Å². The van der Waals surface area contributed by atoms with Gasteiger partial charge in [-0.1, -0.05) is 13.8 Å². The third-order valence-corrected chi connectivity index (χ3v) is 5.83. The van der Waals surface area contributed by atoms with Crippen molar-refractivity contribution in [3.05, 3.63) is 11.1 Å². The monoisotopic (exact) mass is 248 g/mol. The van der Waals surface area contributed by atoms with Crippen LogP contribution in [0.25, 0.3) is 0 Å². The zero-order chi connectivity index (χ0) is 13.5. The molecule has 4 unspecified atom stereocenters. The summed E-state index contributed by atoms with van der Waals surface area (Å²) in [6.45, 7) is 7.58. The molecule has 1 saturated carbocycles. The quantitative estimate of drug-likeness (QED) is 0.712.